The molecule has 0 fully saturated rings. The Morgan fingerprint density at radius 3 is 1.86 bits per heavy atom. The Kier molecular flexibility index (Phi) is 6.20. The molecule has 0 heterocycles. The van der Waals surface area contributed by atoms with Gasteiger partial charge in [-0.05, 0) is 34.6 Å². The molecule has 14 heavy (non-hydrogen) atoms. The lowest BCUT2D eigenvalue weighted by Gasteiger charge is -2.35. The van der Waals surface area contributed by atoms with Crippen molar-refractivity contribution in [1.82, 2.24) is 4.90 Å². The maximum absolute atomic E-state index is 11.9. The first kappa shape index (κ1) is 13.8. The summed E-state index contributed by atoms with van der Waals surface area (Å²) in [5.74, 6) is 0. The molecular formula is C10H20F2NO. The summed E-state index contributed by atoms with van der Waals surface area (Å²) in [5, 5.41) is 0. The SMILES string of the molecule is [CH2]C(OCC(F)F)N(C(C)C)C(C)C. The summed E-state index contributed by atoms with van der Waals surface area (Å²) >= 11 is 0. The van der Waals surface area contributed by atoms with E-state index in [1.165, 1.54) is 0 Å². The van der Waals surface area contributed by atoms with Crippen molar-refractivity contribution >= 4 is 0 Å². The van der Waals surface area contributed by atoms with E-state index in [0.29, 0.717) is 0 Å². The fourth-order valence-electron chi connectivity index (χ4n) is 1.53. The third-order valence-corrected chi connectivity index (χ3v) is 1.94. The molecule has 85 valence electrons. The average molecular weight is 208 g/mol. The molecule has 0 saturated carbocycles. The molecule has 0 saturated heterocycles. The van der Waals surface area contributed by atoms with E-state index in [4.69, 9.17) is 4.74 Å². The highest BCUT2D eigenvalue weighted by Crippen LogP contribution is 2.12. The van der Waals surface area contributed by atoms with Crippen LogP contribution in [-0.4, -0.2) is 36.2 Å². The van der Waals surface area contributed by atoms with Gasteiger partial charge < -0.3 is 4.74 Å². The van der Waals surface area contributed by atoms with Gasteiger partial charge in [0.25, 0.3) is 6.43 Å². The Hall–Kier alpha value is -0.220. The number of hydrogen-bond donors (Lipinski definition) is 0. The normalized spacial score (nSPS) is 14.8. The van der Waals surface area contributed by atoms with Crippen LogP contribution in [0.3, 0.4) is 0 Å². The van der Waals surface area contributed by atoms with E-state index >= 15 is 0 Å². The number of ether oxygens (including phenoxy) is 1. The van der Waals surface area contributed by atoms with Crippen LogP contribution >= 0.6 is 0 Å². The van der Waals surface area contributed by atoms with Crippen molar-refractivity contribution < 1.29 is 13.5 Å². The maximum atomic E-state index is 11.9. The van der Waals surface area contributed by atoms with Crippen molar-refractivity contribution in [2.75, 3.05) is 6.61 Å². The quantitative estimate of drug-likeness (QED) is 0.622. The van der Waals surface area contributed by atoms with Crippen LogP contribution in [0.4, 0.5) is 8.78 Å². The first-order chi connectivity index (χ1) is 6.36. The molecule has 0 aliphatic carbocycles. The zero-order valence-corrected chi connectivity index (χ0v) is 9.34. The van der Waals surface area contributed by atoms with E-state index in [-0.39, 0.29) is 12.1 Å². The van der Waals surface area contributed by atoms with E-state index in [9.17, 15) is 8.78 Å². The number of nitrogens with zero attached hydrogens (tertiary/aromatic N) is 1. The van der Waals surface area contributed by atoms with Crippen LogP contribution in [0, 0.1) is 6.92 Å². The lowest BCUT2D eigenvalue weighted by atomic mass is 10.2. The lowest BCUT2D eigenvalue weighted by Crippen LogP contribution is -2.45. The van der Waals surface area contributed by atoms with Crippen LogP contribution < -0.4 is 0 Å². The fourth-order valence-corrected chi connectivity index (χ4v) is 1.53. The second-order valence-electron chi connectivity index (χ2n) is 3.81. The van der Waals surface area contributed by atoms with E-state index in [2.05, 4.69) is 6.92 Å². The minimum Gasteiger partial charge on any atom is -0.357 e. The highest BCUT2D eigenvalue weighted by atomic mass is 19.3. The van der Waals surface area contributed by atoms with Crippen LogP contribution in [0.5, 0.6) is 0 Å². The van der Waals surface area contributed by atoms with Gasteiger partial charge in [-0.25, -0.2) is 8.78 Å². The maximum Gasteiger partial charge on any atom is 0.261 e. The molecule has 0 aromatic heterocycles. The predicted octanol–water partition coefficient (Wildman–Crippen LogP) is 2.55. The smallest absolute Gasteiger partial charge is 0.261 e. The van der Waals surface area contributed by atoms with Crippen LogP contribution in [0.2, 0.25) is 0 Å². The van der Waals surface area contributed by atoms with Crippen molar-refractivity contribution in [3.05, 3.63) is 6.92 Å². The van der Waals surface area contributed by atoms with Crippen LogP contribution in [0.15, 0.2) is 0 Å². The molecule has 2 nitrogen and oxygen atoms in total. The highest BCUT2D eigenvalue weighted by molar-refractivity contribution is 4.73. The van der Waals surface area contributed by atoms with E-state index in [1.807, 2.05) is 32.6 Å². The molecule has 0 aliphatic rings. The monoisotopic (exact) mass is 208 g/mol. The molecule has 0 rings (SSSR count). The topological polar surface area (TPSA) is 12.5 Å². The standard InChI is InChI=1S/C10H20F2NO/c1-7(2)13(8(3)4)9(5)14-6-10(11)12/h7-10H,5-6H2,1-4H3. The third-order valence-electron chi connectivity index (χ3n) is 1.94. The molecule has 0 aliphatic heterocycles. The molecule has 0 bridgehead atoms. The fraction of sp³-hybridized carbons (Fsp3) is 0.900. The molecule has 0 N–H and O–H groups in total. The minimum atomic E-state index is -2.43. The summed E-state index contributed by atoms with van der Waals surface area (Å²) in [5.41, 5.74) is 0. The number of hydrogen-bond acceptors (Lipinski definition) is 2. The molecule has 1 unspecified atom stereocenters. The van der Waals surface area contributed by atoms with Crippen molar-refractivity contribution in [3.8, 4) is 0 Å². The van der Waals surface area contributed by atoms with Gasteiger partial charge in [0.15, 0.2) is 0 Å². The summed E-state index contributed by atoms with van der Waals surface area (Å²) in [7, 11) is 0. The predicted molar refractivity (Wildman–Crippen MR) is 53.2 cm³/mol. The summed E-state index contributed by atoms with van der Waals surface area (Å²) in [4.78, 5) is 1.95. The first-order valence-electron chi connectivity index (χ1n) is 4.86. The Balaban J connectivity index is 4.09. The second-order valence-corrected chi connectivity index (χ2v) is 3.81. The zero-order chi connectivity index (χ0) is 11.3. The van der Waals surface area contributed by atoms with Crippen LogP contribution in [0.1, 0.15) is 27.7 Å². The Morgan fingerprint density at radius 2 is 1.57 bits per heavy atom. The average Bonchev–Trinajstić information content (AvgIpc) is 1.99. The Labute approximate surface area is 85.2 Å². The van der Waals surface area contributed by atoms with Gasteiger partial charge in [0.1, 0.15) is 12.8 Å². The van der Waals surface area contributed by atoms with Gasteiger partial charge in [-0.3, -0.25) is 4.90 Å². The van der Waals surface area contributed by atoms with Gasteiger partial charge in [-0.1, -0.05) is 0 Å². The highest BCUT2D eigenvalue weighted by Gasteiger charge is 2.21. The molecule has 1 atom stereocenters. The summed E-state index contributed by atoms with van der Waals surface area (Å²) in [6.07, 6.45) is -2.94. The lowest BCUT2D eigenvalue weighted by molar-refractivity contribution is -0.0926. The number of alkyl halides is 2. The van der Waals surface area contributed by atoms with E-state index in [0.717, 1.165) is 0 Å². The number of halogens is 2. The number of rotatable bonds is 6. The van der Waals surface area contributed by atoms with Gasteiger partial charge in [0.05, 0.1) is 0 Å². The molecular weight excluding hydrogens is 188 g/mol. The van der Waals surface area contributed by atoms with E-state index in [1.54, 1.807) is 0 Å². The van der Waals surface area contributed by atoms with E-state index < -0.39 is 19.3 Å². The second kappa shape index (κ2) is 6.30. The van der Waals surface area contributed by atoms with Crippen molar-refractivity contribution in [3.63, 3.8) is 0 Å². The summed E-state index contributed by atoms with van der Waals surface area (Å²) in [6.45, 7) is 11.1. The molecule has 0 aromatic rings. The molecule has 0 aromatic carbocycles. The van der Waals surface area contributed by atoms with Gasteiger partial charge >= 0.3 is 0 Å². The first-order valence-corrected chi connectivity index (χ1v) is 4.86. The largest absolute Gasteiger partial charge is 0.357 e. The third kappa shape index (κ3) is 4.86. The van der Waals surface area contributed by atoms with Gasteiger partial charge in [-0.15, -0.1) is 0 Å². The van der Waals surface area contributed by atoms with Crippen molar-refractivity contribution in [2.45, 2.75) is 52.4 Å². The van der Waals surface area contributed by atoms with Crippen LogP contribution in [-0.2, 0) is 4.74 Å². The minimum absolute atomic E-state index is 0.232. The van der Waals surface area contributed by atoms with Gasteiger partial charge in [-0.2, -0.15) is 0 Å². The Morgan fingerprint density at radius 1 is 1.14 bits per heavy atom. The molecule has 0 amide bonds. The summed E-state index contributed by atoms with van der Waals surface area (Å²) < 4.78 is 28.7. The van der Waals surface area contributed by atoms with Crippen molar-refractivity contribution in [2.24, 2.45) is 0 Å². The van der Waals surface area contributed by atoms with Crippen LogP contribution in [0.25, 0.3) is 0 Å². The zero-order valence-electron chi connectivity index (χ0n) is 9.34. The molecule has 1 radical (unpaired) electrons. The van der Waals surface area contributed by atoms with Gasteiger partial charge in [0.2, 0.25) is 0 Å². The van der Waals surface area contributed by atoms with Crippen molar-refractivity contribution in [1.29, 1.82) is 0 Å². The Bertz CT molecular complexity index is 143. The molecule has 0 spiro atoms. The summed E-state index contributed by atoms with van der Waals surface area (Å²) in [6, 6.07) is 0.463. The molecule has 4 heteroatoms. The van der Waals surface area contributed by atoms with Gasteiger partial charge in [0, 0.05) is 12.1 Å².